The molecule has 1 N–H and O–H groups in total. The van der Waals surface area contributed by atoms with E-state index in [9.17, 15) is 18.5 Å². The summed E-state index contributed by atoms with van der Waals surface area (Å²) < 4.78 is 27.8. The van der Waals surface area contributed by atoms with Crippen LogP contribution in [0, 0.1) is 10.1 Å². The highest BCUT2D eigenvalue weighted by molar-refractivity contribution is 7.89. The number of nitro groups is 1. The van der Waals surface area contributed by atoms with E-state index in [2.05, 4.69) is 9.62 Å². The van der Waals surface area contributed by atoms with Crippen molar-refractivity contribution < 1.29 is 13.3 Å². The van der Waals surface area contributed by atoms with Gasteiger partial charge in [-0.05, 0) is 54.4 Å². The van der Waals surface area contributed by atoms with Crippen LogP contribution in [0.2, 0.25) is 0 Å². The lowest BCUT2D eigenvalue weighted by molar-refractivity contribution is -0.387. The van der Waals surface area contributed by atoms with Gasteiger partial charge in [-0.15, -0.1) is 0 Å². The van der Waals surface area contributed by atoms with Gasteiger partial charge in [-0.3, -0.25) is 15.0 Å². The average molecular weight is 381 g/mol. The minimum absolute atomic E-state index is 0.0636. The van der Waals surface area contributed by atoms with Gasteiger partial charge in [-0.2, -0.15) is 11.3 Å². The number of nitrogens with zero attached hydrogens (tertiary/aromatic N) is 2. The summed E-state index contributed by atoms with van der Waals surface area (Å²) in [5, 5.41) is 15.1. The molecule has 0 amide bonds. The highest BCUT2D eigenvalue weighted by Gasteiger charge is 2.29. The Morgan fingerprint density at radius 3 is 2.60 bits per heavy atom. The molecule has 0 spiro atoms. The summed E-state index contributed by atoms with van der Waals surface area (Å²) in [5.74, 6) is 0. The first-order valence-corrected chi connectivity index (χ1v) is 10.4. The van der Waals surface area contributed by atoms with Crippen molar-refractivity contribution in [3.05, 3.63) is 56.8 Å². The number of nitro benzene ring substituents is 1. The standard InChI is InChI=1S/C16H19N3O4S2/c20-19(21)14-5-1-2-6-16(14)25(22,23)17-11-15(13-7-10-24-12-13)18-8-3-4-9-18/h1-2,5-7,10,12,15,17H,3-4,8-9,11H2. The Morgan fingerprint density at radius 1 is 1.24 bits per heavy atom. The average Bonchev–Trinajstić information content (AvgIpc) is 3.29. The second kappa shape index (κ2) is 7.61. The minimum atomic E-state index is -3.97. The van der Waals surface area contributed by atoms with Crippen molar-refractivity contribution in [2.75, 3.05) is 19.6 Å². The molecule has 1 aliphatic rings. The van der Waals surface area contributed by atoms with Crippen LogP contribution in [0.3, 0.4) is 0 Å². The summed E-state index contributed by atoms with van der Waals surface area (Å²) in [5.41, 5.74) is 0.653. The van der Waals surface area contributed by atoms with Gasteiger partial charge in [0.2, 0.25) is 10.0 Å². The van der Waals surface area contributed by atoms with Gasteiger partial charge in [0.05, 0.1) is 4.92 Å². The molecule has 1 aromatic heterocycles. The third-order valence-corrected chi connectivity index (χ3v) is 6.50. The van der Waals surface area contributed by atoms with Gasteiger partial charge in [0.25, 0.3) is 5.69 Å². The number of rotatable bonds is 7. The lowest BCUT2D eigenvalue weighted by Crippen LogP contribution is -2.36. The zero-order valence-electron chi connectivity index (χ0n) is 13.5. The number of benzene rings is 1. The SMILES string of the molecule is O=[N+]([O-])c1ccccc1S(=O)(=O)NCC(c1ccsc1)N1CCCC1. The van der Waals surface area contributed by atoms with E-state index in [4.69, 9.17) is 0 Å². The van der Waals surface area contributed by atoms with E-state index in [0.29, 0.717) is 0 Å². The van der Waals surface area contributed by atoms with E-state index in [0.717, 1.165) is 31.5 Å². The van der Waals surface area contributed by atoms with Crippen molar-refractivity contribution in [2.45, 2.75) is 23.8 Å². The Bertz CT molecular complexity index is 831. The quantitative estimate of drug-likeness (QED) is 0.588. The largest absolute Gasteiger partial charge is 0.295 e. The topological polar surface area (TPSA) is 92.5 Å². The fraction of sp³-hybridized carbons (Fsp3) is 0.375. The molecule has 1 unspecified atom stereocenters. The summed E-state index contributed by atoms with van der Waals surface area (Å²) in [4.78, 5) is 12.4. The summed E-state index contributed by atoms with van der Waals surface area (Å²) >= 11 is 1.57. The molecule has 7 nitrogen and oxygen atoms in total. The van der Waals surface area contributed by atoms with Crippen molar-refractivity contribution in [3.8, 4) is 0 Å². The molecule has 134 valence electrons. The highest BCUT2D eigenvalue weighted by Crippen LogP contribution is 2.28. The van der Waals surface area contributed by atoms with E-state index >= 15 is 0 Å². The van der Waals surface area contributed by atoms with Crippen LogP contribution in [0.15, 0.2) is 46.0 Å². The van der Waals surface area contributed by atoms with Crippen LogP contribution in [0.25, 0.3) is 0 Å². The van der Waals surface area contributed by atoms with Crippen LogP contribution in [0.1, 0.15) is 24.4 Å². The number of sulfonamides is 1. The molecular formula is C16H19N3O4S2. The normalized spacial score (nSPS) is 16.8. The van der Waals surface area contributed by atoms with E-state index in [1.54, 1.807) is 11.3 Å². The van der Waals surface area contributed by atoms with Gasteiger partial charge in [0, 0.05) is 18.7 Å². The molecule has 0 aliphatic carbocycles. The van der Waals surface area contributed by atoms with E-state index in [1.807, 2.05) is 16.8 Å². The van der Waals surface area contributed by atoms with Gasteiger partial charge in [0.1, 0.15) is 0 Å². The van der Waals surface area contributed by atoms with Crippen molar-refractivity contribution in [2.24, 2.45) is 0 Å². The Hall–Kier alpha value is -1.81. The zero-order chi connectivity index (χ0) is 17.9. The van der Waals surface area contributed by atoms with Crippen molar-refractivity contribution in [1.29, 1.82) is 0 Å². The Kier molecular flexibility index (Phi) is 5.48. The molecule has 2 aromatic rings. The first kappa shape index (κ1) is 18.0. The number of thiophene rings is 1. The molecule has 1 saturated heterocycles. The van der Waals surface area contributed by atoms with Gasteiger partial charge in [0.15, 0.2) is 4.90 Å². The monoisotopic (exact) mass is 381 g/mol. The van der Waals surface area contributed by atoms with Crippen LogP contribution >= 0.6 is 11.3 Å². The number of hydrogen-bond donors (Lipinski definition) is 1. The lowest BCUT2D eigenvalue weighted by atomic mass is 10.1. The van der Waals surface area contributed by atoms with Crippen molar-refractivity contribution in [3.63, 3.8) is 0 Å². The third-order valence-electron chi connectivity index (χ3n) is 4.33. The molecule has 1 atom stereocenters. The van der Waals surface area contributed by atoms with Gasteiger partial charge < -0.3 is 0 Å². The molecule has 1 aromatic carbocycles. The molecule has 0 bridgehead atoms. The number of hydrogen-bond acceptors (Lipinski definition) is 6. The molecule has 1 aliphatic heterocycles. The van der Waals surface area contributed by atoms with Gasteiger partial charge >= 0.3 is 0 Å². The summed E-state index contributed by atoms with van der Waals surface area (Å²) in [7, 11) is -3.97. The lowest BCUT2D eigenvalue weighted by Gasteiger charge is -2.27. The first-order valence-electron chi connectivity index (χ1n) is 7.98. The first-order chi connectivity index (χ1) is 12.0. The minimum Gasteiger partial charge on any atom is -0.295 e. The van der Waals surface area contributed by atoms with Crippen LogP contribution in [-0.4, -0.2) is 37.9 Å². The second-order valence-corrected chi connectivity index (χ2v) is 8.41. The molecular weight excluding hydrogens is 362 g/mol. The Morgan fingerprint density at radius 2 is 1.96 bits per heavy atom. The third kappa shape index (κ3) is 4.06. The summed E-state index contributed by atoms with van der Waals surface area (Å²) in [6.07, 6.45) is 2.19. The number of nitrogens with one attached hydrogen (secondary N) is 1. The van der Waals surface area contributed by atoms with Crippen LogP contribution in [0.5, 0.6) is 0 Å². The molecule has 25 heavy (non-hydrogen) atoms. The molecule has 0 saturated carbocycles. The Balaban J connectivity index is 1.81. The van der Waals surface area contributed by atoms with Gasteiger partial charge in [-0.25, -0.2) is 13.1 Å². The predicted molar refractivity (Wildman–Crippen MR) is 96.2 cm³/mol. The van der Waals surface area contributed by atoms with E-state index < -0.39 is 20.6 Å². The maximum atomic E-state index is 12.6. The second-order valence-electron chi connectivity index (χ2n) is 5.89. The summed E-state index contributed by atoms with van der Waals surface area (Å²) in [6, 6.07) is 7.33. The van der Waals surface area contributed by atoms with E-state index in [-0.39, 0.29) is 17.5 Å². The van der Waals surface area contributed by atoms with Crippen molar-refractivity contribution >= 4 is 27.0 Å². The number of para-hydroxylation sites is 1. The highest BCUT2D eigenvalue weighted by atomic mass is 32.2. The fourth-order valence-electron chi connectivity index (χ4n) is 3.08. The Labute approximate surface area is 150 Å². The molecule has 9 heteroatoms. The molecule has 1 fully saturated rings. The molecule has 2 heterocycles. The van der Waals surface area contributed by atoms with E-state index in [1.165, 1.54) is 24.3 Å². The maximum Gasteiger partial charge on any atom is 0.289 e. The summed E-state index contributed by atoms with van der Waals surface area (Å²) in [6.45, 7) is 2.03. The fourth-order valence-corrected chi connectivity index (χ4v) is 4.99. The van der Waals surface area contributed by atoms with Crippen LogP contribution < -0.4 is 4.72 Å². The zero-order valence-corrected chi connectivity index (χ0v) is 15.1. The smallest absolute Gasteiger partial charge is 0.289 e. The van der Waals surface area contributed by atoms with Crippen molar-refractivity contribution in [1.82, 2.24) is 9.62 Å². The number of likely N-dealkylation sites (tertiary alicyclic amines) is 1. The maximum absolute atomic E-state index is 12.6. The van der Waals surface area contributed by atoms with Crippen LogP contribution in [-0.2, 0) is 10.0 Å². The predicted octanol–water partition coefficient (Wildman–Crippen LogP) is 2.77. The van der Waals surface area contributed by atoms with Crippen LogP contribution in [0.4, 0.5) is 5.69 Å². The molecule has 0 radical (unpaired) electrons. The molecule has 3 rings (SSSR count). The van der Waals surface area contributed by atoms with Gasteiger partial charge in [-0.1, -0.05) is 12.1 Å².